The van der Waals surface area contributed by atoms with Crippen LogP contribution in [-0.4, -0.2) is 34.6 Å². The predicted molar refractivity (Wildman–Crippen MR) is 104 cm³/mol. The van der Waals surface area contributed by atoms with Gasteiger partial charge in [-0.3, -0.25) is 14.3 Å². The molecular weight excluding hydrogens is 350 g/mol. The van der Waals surface area contributed by atoms with Gasteiger partial charge in [-0.05, 0) is 25.0 Å². The highest BCUT2D eigenvalue weighted by Crippen LogP contribution is 2.32. The molecule has 1 aromatic heterocycles. The fraction of sp³-hybridized carbons (Fsp3) is 0.421. The number of benzene rings is 1. The van der Waals surface area contributed by atoms with Crippen LogP contribution in [-0.2, 0) is 6.54 Å². The first-order chi connectivity index (χ1) is 13.0. The third-order valence-corrected chi connectivity index (χ3v) is 4.17. The number of aromatic nitrogens is 2. The van der Waals surface area contributed by atoms with Gasteiger partial charge in [0.2, 0.25) is 5.88 Å². The molecule has 1 heterocycles. The minimum atomic E-state index is -0.673. The van der Waals surface area contributed by atoms with E-state index in [9.17, 15) is 14.7 Å². The molecule has 0 spiro atoms. The summed E-state index contributed by atoms with van der Waals surface area (Å²) in [5.74, 6) is 0.702. The highest BCUT2D eigenvalue weighted by molar-refractivity contribution is 6.03. The van der Waals surface area contributed by atoms with Crippen LogP contribution in [0.3, 0.4) is 0 Å². The second-order valence-corrected chi connectivity index (χ2v) is 5.91. The van der Waals surface area contributed by atoms with Crippen LogP contribution in [0.2, 0.25) is 0 Å². The minimum Gasteiger partial charge on any atom is -0.497 e. The van der Waals surface area contributed by atoms with Crippen molar-refractivity contribution in [3.05, 3.63) is 44.6 Å². The summed E-state index contributed by atoms with van der Waals surface area (Å²) in [5.41, 5.74) is -0.528. The number of H-pyrrole nitrogens is 1. The third-order valence-electron chi connectivity index (χ3n) is 4.17. The average Bonchev–Trinajstić information content (AvgIpc) is 2.66. The molecule has 0 aliphatic rings. The van der Waals surface area contributed by atoms with E-state index in [2.05, 4.69) is 9.98 Å². The molecule has 0 saturated heterocycles. The molecule has 8 heteroatoms. The van der Waals surface area contributed by atoms with E-state index in [1.807, 2.05) is 13.8 Å². The molecule has 2 N–H and O–H groups in total. The summed E-state index contributed by atoms with van der Waals surface area (Å²) < 4.78 is 11.7. The predicted octanol–water partition coefficient (Wildman–Crippen LogP) is 2.59. The third kappa shape index (κ3) is 4.39. The molecule has 0 aliphatic heterocycles. The van der Waals surface area contributed by atoms with E-state index < -0.39 is 11.2 Å². The Bertz CT molecular complexity index is 943. The molecule has 0 atom stereocenters. The quantitative estimate of drug-likeness (QED) is 0.690. The van der Waals surface area contributed by atoms with E-state index in [1.165, 1.54) is 14.2 Å². The summed E-state index contributed by atoms with van der Waals surface area (Å²) in [6.45, 7) is 4.10. The van der Waals surface area contributed by atoms with Gasteiger partial charge in [0.1, 0.15) is 22.7 Å². The van der Waals surface area contributed by atoms with Crippen molar-refractivity contribution < 1.29 is 14.6 Å². The van der Waals surface area contributed by atoms with Crippen molar-refractivity contribution in [3.8, 4) is 17.4 Å². The summed E-state index contributed by atoms with van der Waals surface area (Å²) in [6.07, 6.45) is 1.90. The molecule has 2 aromatic rings. The number of aliphatic imine (C=N–C) groups is 1. The molecule has 1 aromatic carbocycles. The summed E-state index contributed by atoms with van der Waals surface area (Å²) >= 11 is 0. The SMILES string of the molecule is CCCCn1c(O)c(C(CC)=Nc2cc(OC)ccc2OC)c(=O)[nH]c1=O. The average molecular weight is 375 g/mol. The number of nitrogens with zero attached hydrogens (tertiary/aromatic N) is 2. The van der Waals surface area contributed by atoms with Crippen LogP contribution < -0.4 is 20.7 Å². The molecule has 8 nitrogen and oxygen atoms in total. The monoisotopic (exact) mass is 375 g/mol. The fourth-order valence-corrected chi connectivity index (χ4v) is 2.68. The van der Waals surface area contributed by atoms with Crippen molar-refractivity contribution in [1.29, 1.82) is 0 Å². The topological polar surface area (TPSA) is 106 Å². The molecule has 0 fully saturated rings. The largest absolute Gasteiger partial charge is 0.497 e. The number of aromatic hydroxyl groups is 1. The lowest BCUT2D eigenvalue weighted by molar-refractivity contribution is 0.394. The van der Waals surface area contributed by atoms with Gasteiger partial charge >= 0.3 is 5.69 Å². The number of nitrogens with one attached hydrogen (secondary N) is 1. The highest BCUT2D eigenvalue weighted by Gasteiger charge is 2.19. The van der Waals surface area contributed by atoms with E-state index in [0.717, 1.165) is 11.0 Å². The van der Waals surface area contributed by atoms with Gasteiger partial charge in [0, 0.05) is 12.6 Å². The van der Waals surface area contributed by atoms with E-state index >= 15 is 0 Å². The van der Waals surface area contributed by atoms with Crippen LogP contribution in [0.5, 0.6) is 17.4 Å². The van der Waals surface area contributed by atoms with E-state index in [-0.39, 0.29) is 11.4 Å². The van der Waals surface area contributed by atoms with Crippen molar-refractivity contribution in [2.75, 3.05) is 14.2 Å². The molecule has 0 bridgehead atoms. The van der Waals surface area contributed by atoms with Gasteiger partial charge in [0.25, 0.3) is 5.56 Å². The van der Waals surface area contributed by atoms with Gasteiger partial charge in [0.05, 0.1) is 19.9 Å². The molecule has 2 rings (SSSR count). The minimum absolute atomic E-state index is 0.0157. The lowest BCUT2D eigenvalue weighted by atomic mass is 10.1. The van der Waals surface area contributed by atoms with Crippen LogP contribution in [0.25, 0.3) is 0 Å². The summed E-state index contributed by atoms with van der Waals surface area (Å²) in [4.78, 5) is 31.2. The first-order valence-electron chi connectivity index (χ1n) is 8.82. The number of ether oxygens (including phenoxy) is 2. The van der Waals surface area contributed by atoms with Gasteiger partial charge in [-0.25, -0.2) is 9.79 Å². The highest BCUT2D eigenvalue weighted by atomic mass is 16.5. The lowest BCUT2D eigenvalue weighted by Gasteiger charge is -2.13. The van der Waals surface area contributed by atoms with Gasteiger partial charge in [-0.15, -0.1) is 0 Å². The van der Waals surface area contributed by atoms with E-state index in [1.54, 1.807) is 18.2 Å². The van der Waals surface area contributed by atoms with Crippen LogP contribution >= 0.6 is 0 Å². The van der Waals surface area contributed by atoms with Crippen LogP contribution in [0.4, 0.5) is 5.69 Å². The second-order valence-electron chi connectivity index (χ2n) is 5.91. The maximum Gasteiger partial charge on any atom is 0.331 e. The van der Waals surface area contributed by atoms with Crippen LogP contribution in [0.15, 0.2) is 32.8 Å². The van der Waals surface area contributed by atoms with Gasteiger partial charge < -0.3 is 14.6 Å². The molecule has 0 radical (unpaired) electrons. The van der Waals surface area contributed by atoms with Crippen molar-refractivity contribution in [1.82, 2.24) is 9.55 Å². The molecule has 0 aliphatic carbocycles. The zero-order chi connectivity index (χ0) is 20.0. The Morgan fingerprint density at radius 2 is 1.96 bits per heavy atom. The van der Waals surface area contributed by atoms with Gasteiger partial charge in [-0.2, -0.15) is 0 Å². The number of hydrogen-bond donors (Lipinski definition) is 2. The van der Waals surface area contributed by atoms with Crippen molar-refractivity contribution >= 4 is 11.4 Å². The zero-order valence-corrected chi connectivity index (χ0v) is 16.0. The van der Waals surface area contributed by atoms with Crippen LogP contribution in [0.1, 0.15) is 38.7 Å². The Hall–Kier alpha value is -3.03. The van der Waals surface area contributed by atoms with Crippen molar-refractivity contribution in [3.63, 3.8) is 0 Å². The van der Waals surface area contributed by atoms with Crippen LogP contribution in [0, 0.1) is 0 Å². The second kappa shape index (κ2) is 9.07. The Morgan fingerprint density at radius 1 is 1.22 bits per heavy atom. The summed E-state index contributed by atoms with van der Waals surface area (Å²) in [5, 5.41) is 10.6. The molecule has 0 saturated carbocycles. The zero-order valence-electron chi connectivity index (χ0n) is 16.0. The fourth-order valence-electron chi connectivity index (χ4n) is 2.68. The molecule has 146 valence electrons. The normalized spacial score (nSPS) is 11.5. The number of aromatic amines is 1. The first-order valence-corrected chi connectivity index (χ1v) is 8.82. The maximum absolute atomic E-state index is 12.4. The summed E-state index contributed by atoms with van der Waals surface area (Å²) in [7, 11) is 3.05. The Kier molecular flexibility index (Phi) is 6.81. The first kappa shape index (κ1) is 20.3. The standard InChI is InChI=1S/C19H25N3O5/c1-5-7-10-22-18(24)16(17(23)21-19(22)25)13(6-2)20-14-11-12(26-3)8-9-15(14)27-4/h8-9,11,24H,5-7,10H2,1-4H3,(H,21,23,25). The van der Waals surface area contributed by atoms with Crippen molar-refractivity contribution in [2.45, 2.75) is 39.7 Å². The number of unbranched alkanes of at least 4 members (excludes halogenated alkanes) is 1. The summed E-state index contributed by atoms with van der Waals surface area (Å²) in [6, 6.07) is 5.11. The van der Waals surface area contributed by atoms with E-state index in [4.69, 9.17) is 9.47 Å². The van der Waals surface area contributed by atoms with Crippen molar-refractivity contribution in [2.24, 2.45) is 4.99 Å². The molecular formula is C19H25N3O5. The Labute approximate surface area is 157 Å². The number of hydrogen-bond acceptors (Lipinski definition) is 6. The number of rotatable bonds is 8. The Balaban J connectivity index is 2.66. The Morgan fingerprint density at radius 3 is 2.56 bits per heavy atom. The number of methoxy groups -OCH3 is 2. The molecule has 27 heavy (non-hydrogen) atoms. The smallest absolute Gasteiger partial charge is 0.331 e. The van der Waals surface area contributed by atoms with E-state index in [0.29, 0.717) is 42.3 Å². The maximum atomic E-state index is 12.4. The molecule has 0 unspecified atom stereocenters. The lowest BCUT2D eigenvalue weighted by Crippen LogP contribution is -2.34. The molecule has 0 amide bonds. The van der Waals surface area contributed by atoms with Gasteiger partial charge in [-0.1, -0.05) is 20.3 Å². The van der Waals surface area contributed by atoms with Gasteiger partial charge in [0.15, 0.2) is 0 Å².